The molecule has 1 N–H and O–H groups in total. The van der Waals surface area contributed by atoms with Gasteiger partial charge in [-0.3, -0.25) is 4.79 Å². The van der Waals surface area contributed by atoms with Gasteiger partial charge in [0.1, 0.15) is 5.76 Å². The standard InChI is InChI=1S/C13H11F2NO2S/c1-8-2-7-11(18-8)12(17)16-9-3-5-10(6-4-9)19-13(14)15/h2-7,13H,1H3,(H,16,17). The van der Waals surface area contributed by atoms with Crippen molar-refractivity contribution in [3.05, 3.63) is 47.9 Å². The van der Waals surface area contributed by atoms with Crippen molar-refractivity contribution in [1.29, 1.82) is 0 Å². The van der Waals surface area contributed by atoms with Gasteiger partial charge >= 0.3 is 0 Å². The van der Waals surface area contributed by atoms with Crippen molar-refractivity contribution in [2.24, 2.45) is 0 Å². The fourth-order valence-electron chi connectivity index (χ4n) is 1.47. The normalized spacial score (nSPS) is 10.7. The number of furan rings is 1. The molecule has 0 aliphatic rings. The van der Waals surface area contributed by atoms with Crippen molar-refractivity contribution in [2.45, 2.75) is 17.6 Å². The zero-order valence-electron chi connectivity index (χ0n) is 10.0. The first-order valence-corrected chi connectivity index (χ1v) is 6.35. The summed E-state index contributed by atoms with van der Waals surface area (Å²) in [5, 5.41) is 2.62. The maximum atomic E-state index is 12.1. The zero-order valence-corrected chi connectivity index (χ0v) is 10.8. The highest BCUT2D eigenvalue weighted by Crippen LogP contribution is 2.26. The largest absolute Gasteiger partial charge is 0.456 e. The smallest absolute Gasteiger partial charge is 0.291 e. The fraction of sp³-hybridized carbons (Fsp3) is 0.154. The summed E-state index contributed by atoms with van der Waals surface area (Å²) < 4.78 is 29.4. The van der Waals surface area contributed by atoms with E-state index in [0.717, 1.165) is 0 Å². The fourth-order valence-corrected chi connectivity index (χ4v) is 1.97. The maximum Gasteiger partial charge on any atom is 0.291 e. The van der Waals surface area contributed by atoms with Crippen LogP contribution in [0.3, 0.4) is 0 Å². The monoisotopic (exact) mass is 283 g/mol. The summed E-state index contributed by atoms with van der Waals surface area (Å²) in [6.45, 7) is 1.74. The van der Waals surface area contributed by atoms with Crippen LogP contribution in [0.5, 0.6) is 0 Å². The van der Waals surface area contributed by atoms with Crippen LogP contribution in [0.4, 0.5) is 14.5 Å². The van der Waals surface area contributed by atoms with Crippen molar-refractivity contribution < 1.29 is 18.0 Å². The average Bonchev–Trinajstić information content (AvgIpc) is 2.78. The van der Waals surface area contributed by atoms with Gasteiger partial charge < -0.3 is 9.73 Å². The van der Waals surface area contributed by atoms with Gasteiger partial charge in [0.25, 0.3) is 11.7 Å². The van der Waals surface area contributed by atoms with Gasteiger partial charge in [0.2, 0.25) is 0 Å². The number of rotatable bonds is 4. The van der Waals surface area contributed by atoms with Crippen molar-refractivity contribution >= 4 is 23.4 Å². The lowest BCUT2D eigenvalue weighted by atomic mass is 10.3. The Hall–Kier alpha value is -1.82. The van der Waals surface area contributed by atoms with Gasteiger partial charge in [0, 0.05) is 10.6 Å². The Morgan fingerprint density at radius 1 is 1.21 bits per heavy atom. The molecule has 0 saturated carbocycles. The molecule has 0 radical (unpaired) electrons. The number of amides is 1. The molecule has 1 amide bonds. The highest BCUT2D eigenvalue weighted by atomic mass is 32.2. The maximum absolute atomic E-state index is 12.1. The molecule has 1 aromatic heterocycles. The second-order valence-corrected chi connectivity index (χ2v) is 4.83. The summed E-state index contributed by atoms with van der Waals surface area (Å²) in [6, 6.07) is 9.46. The van der Waals surface area contributed by atoms with Crippen LogP contribution in [-0.2, 0) is 0 Å². The molecule has 1 aromatic carbocycles. The number of hydrogen-bond acceptors (Lipinski definition) is 3. The van der Waals surface area contributed by atoms with E-state index in [2.05, 4.69) is 5.32 Å². The molecule has 0 fully saturated rings. The Labute approximate surface area is 113 Å². The third kappa shape index (κ3) is 3.82. The van der Waals surface area contributed by atoms with Crippen LogP contribution in [0, 0.1) is 6.92 Å². The van der Waals surface area contributed by atoms with Crippen LogP contribution in [0.2, 0.25) is 0 Å². The van der Waals surface area contributed by atoms with Crippen LogP contribution < -0.4 is 5.32 Å². The van der Waals surface area contributed by atoms with Crippen molar-refractivity contribution in [3.63, 3.8) is 0 Å². The van der Waals surface area contributed by atoms with Gasteiger partial charge in [-0.2, -0.15) is 8.78 Å². The minimum atomic E-state index is -2.45. The van der Waals surface area contributed by atoms with Crippen LogP contribution in [0.1, 0.15) is 16.3 Å². The van der Waals surface area contributed by atoms with Crippen LogP contribution in [-0.4, -0.2) is 11.7 Å². The molecule has 0 aliphatic carbocycles. The van der Waals surface area contributed by atoms with E-state index in [1.54, 1.807) is 31.2 Å². The number of nitrogens with one attached hydrogen (secondary N) is 1. The van der Waals surface area contributed by atoms with Gasteiger partial charge in [-0.1, -0.05) is 11.8 Å². The van der Waals surface area contributed by atoms with E-state index in [0.29, 0.717) is 28.1 Å². The minimum absolute atomic E-state index is 0.212. The summed E-state index contributed by atoms with van der Waals surface area (Å²) in [5.41, 5.74) is 0.526. The number of anilines is 1. The van der Waals surface area contributed by atoms with E-state index in [4.69, 9.17) is 4.42 Å². The first kappa shape index (κ1) is 13.6. The quantitative estimate of drug-likeness (QED) is 0.857. The van der Waals surface area contributed by atoms with E-state index in [1.165, 1.54) is 12.1 Å². The van der Waals surface area contributed by atoms with E-state index >= 15 is 0 Å². The number of carbonyl (C=O) groups excluding carboxylic acids is 1. The van der Waals surface area contributed by atoms with Crippen molar-refractivity contribution in [1.82, 2.24) is 0 Å². The van der Waals surface area contributed by atoms with E-state index in [1.807, 2.05) is 0 Å². The van der Waals surface area contributed by atoms with Crippen molar-refractivity contribution in [3.8, 4) is 0 Å². The van der Waals surface area contributed by atoms with E-state index in [-0.39, 0.29) is 11.7 Å². The SMILES string of the molecule is Cc1ccc(C(=O)Nc2ccc(SC(F)F)cc2)o1. The van der Waals surface area contributed by atoms with Crippen molar-refractivity contribution in [2.75, 3.05) is 5.32 Å². The van der Waals surface area contributed by atoms with Crippen LogP contribution in [0.25, 0.3) is 0 Å². The Morgan fingerprint density at radius 3 is 2.42 bits per heavy atom. The molecular weight excluding hydrogens is 272 g/mol. The molecule has 0 aliphatic heterocycles. The number of carbonyl (C=O) groups is 1. The summed E-state index contributed by atoms with van der Waals surface area (Å²) in [7, 11) is 0. The first-order chi connectivity index (χ1) is 9.04. The third-order valence-corrected chi connectivity index (χ3v) is 3.02. The molecule has 3 nitrogen and oxygen atoms in total. The third-order valence-electron chi connectivity index (χ3n) is 2.30. The van der Waals surface area contributed by atoms with Gasteiger partial charge in [0.15, 0.2) is 5.76 Å². The molecule has 1 heterocycles. The molecule has 0 saturated heterocycles. The number of aryl methyl sites for hydroxylation is 1. The summed E-state index contributed by atoms with van der Waals surface area (Å²) in [5.74, 6) is -1.97. The molecule has 0 bridgehead atoms. The molecule has 0 unspecified atom stereocenters. The number of halogens is 2. The van der Waals surface area contributed by atoms with Crippen LogP contribution >= 0.6 is 11.8 Å². The number of alkyl halides is 2. The summed E-state index contributed by atoms with van der Waals surface area (Å²) in [4.78, 5) is 12.2. The number of thioether (sulfide) groups is 1. The van der Waals surface area contributed by atoms with E-state index < -0.39 is 5.76 Å². The first-order valence-electron chi connectivity index (χ1n) is 5.47. The number of benzene rings is 1. The Kier molecular flexibility index (Phi) is 4.21. The minimum Gasteiger partial charge on any atom is -0.456 e. The molecule has 0 atom stereocenters. The second-order valence-electron chi connectivity index (χ2n) is 3.77. The molecule has 6 heteroatoms. The zero-order chi connectivity index (χ0) is 13.8. The lowest BCUT2D eigenvalue weighted by Gasteiger charge is -2.04. The molecule has 19 heavy (non-hydrogen) atoms. The molecular formula is C13H11F2NO2S. The van der Waals surface area contributed by atoms with E-state index in [9.17, 15) is 13.6 Å². The Morgan fingerprint density at radius 2 is 1.89 bits per heavy atom. The predicted octanol–water partition coefficient (Wildman–Crippen LogP) is 4.16. The summed E-state index contributed by atoms with van der Waals surface area (Å²) >= 11 is 0.461. The lowest BCUT2D eigenvalue weighted by molar-refractivity contribution is 0.0995. The Bertz CT molecular complexity index is 566. The molecule has 2 aromatic rings. The van der Waals surface area contributed by atoms with Crippen LogP contribution in [0.15, 0.2) is 45.7 Å². The lowest BCUT2D eigenvalue weighted by Crippen LogP contribution is -2.10. The predicted molar refractivity (Wildman–Crippen MR) is 69.7 cm³/mol. The average molecular weight is 283 g/mol. The van der Waals surface area contributed by atoms with Gasteiger partial charge in [-0.15, -0.1) is 0 Å². The molecule has 0 spiro atoms. The van der Waals surface area contributed by atoms with Gasteiger partial charge in [0.05, 0.1) is 0 Å². The second kappa shape index (κ2) is 5.88. The molecule has 100 valence electrons. The van der Waals surface area contributed by atoms with Gasteiger partial charge in [-0.25, -0.2) is 0 Å². The number of hydrogen-bond donors (Lipinski definition) is 1. The highest BCUT2D eigenvalue weighted by molar-refractivity contribution is 7.99. The highest BCUT2D eigenvalue weighted by Gasteiger charge is 2.10. The van der Waals surface area contributed by atoms with Gasteiger partial charge in [-0.05, 0) is 43.3 Å². The summed E-state index contributed by atoms with van der Waals surface area (Å²) in [6.07, 6.45) is 0. The Balaban J connectivity index is 2.01. The molecule has 2 rings (SSSR count). The topological polar surface area (TPSA) is 42.2 Å².